The average molecular weight is 279 g/mol. The van der Waals surface area contributed by atoms with Gasteiger partial charge >= 0.3 is 0 Å². The van der Waals surface area contributed by atoms with Crippen molar-refractivity contribution < 1.29 is 0 Å². The molecule has 0 atom stereocenters. The van der Waals surface area contributed by atoms with Crippen molar-refractivity contribution in [1.82, 2.24) is 25.1 Å². The fourth-order valence-electron chi connectivity index (χ4n) is 3.05. The highest BCUT2D eigenvalue weighted by atomic mass is 32.1. The third-order valence-corrected chi connectivity index (χ3v) is 5.26. The van der Waals surface area contributed by atoms with Gasteiger partial charge in [0.25, 0.3) is 0 Å². The predicted octanol–water partition coefficient (Wildman–Crippen LogP) is 2.17. The van der Waals surface area contributed by atoms with E-state index in [9.17, 15) is 0 Å². The Morgan fingerprint density at radius 3 is 2.74 bits per heavy atom. The first-order valence-electron chi connectivity index (χ1n) is 7.21. The van der Waals surface area contributed by atoms with E-state index in [1.165, 1.54) is 30.7 Å². The summed E-state index contributed by atoms with van der Waals surface area (Å²) in [5.74, 6) is 0.970. The Morgan fingerprint density at radius 2 is 2.05 bits per heavy atom. The Hall–Kier alpha value is -1.01. The molecular weight excluding hydrogens is 258 g/mol. The Morgan fingerprint density at radius 1 is 1.26 bits per heavy atom. The molecule has 2 aromatic rings. The Kier molecular flexibility index (Phi) is 3.54. The van der Waals surface area contributed by atoms with Gasteiger partial charge in [0.15, 0.2) is 5.82 Å². The fraction of sp³-hybridized carbons (Fsp3) is 0.769. The quantitative estimate of drug-likeness (QED) is 0.932. The van der Waals surface area contributed by atoms with Crippen LogP contribution in [-0.2, 0) is 11.8 Å². The van der Waals surface area contributed by atoms with Gasteiger partial charge in [0.05, 0.1) is 0 Å². The predicted molar refractivity (Wildman–Crippen MR) is 76.7 cm³/mol. The Labute approximate surface area is 117 Å². The highest BCUT2D eigenvalue weighted by Crippen LogP contribution is 2.39. The van der Waals surface area contributed by atoms with Crippen LogP contribution in [0.3, 0.4) is 0 Å². The van der Waals surface area contributed by atoms with E-state index in [0.717, 1.165) is 30.3 Å². The number of rotatable bonds is 4. The van der Waals surface area contributed by atoms with Crippen molar-refractivity contribution in [1.29, 1.82) is 0 Å². The van der Waals surface area contributed by atoms with Gasteiger partial charge in [-0.3, -0.25) is 0 Å². The van der Waals surface area contributed by atoms with E-state index >= 15 is 0 Å². The standard InChI is InChI=1S/C13H21N5S/c1-3-5-13(6-8-14-9-7-13)11-17-18-10(4-2)15-16-12(18)19-11/h14H,3-9H2,1-2H3. The molecule has 1 aliphatic heterocycles. The molecule has 2 aromatic heterocycles. The number of nitrogens with one attached hydrogen (secondary N) is 1. The molecule has 6 heteroatoms. The SMILES string of the molecule is CCCC1(c2nn3c(CC)nnc3s2)CCNCC1. The number of aryl methyl sites for hydroxylation is 1. The van der Waals surface area contributed by atoms with Crippen LogP contribution in [0.4, 0.5) is 0 Å². The van der Waals surface area contributed by atoms with Gasteiger partial charge in [0.1, 0.15) is 5.01 Å². The molecule has 0 radical (unpaired) electrons. The summed E-state index contributed by atoms with van der Waals surface area (Å²) in [6.45, 7) is 6.56. The monoisotopic (exact) mass is 279 g/mol. The summed E-state index contributed by atoms with van der Waals surface area (Å²) >= 11 is 1.73. The summed E-state index contributed by atoms with van der Waals surface area (Å²) in [5, 5.41) is 18.0. The first-order chi connectivity index (χ1) is 9.29. The molecule has 0 unspecified atom stereocenters. The van der Waals surface area contributed by atoms with E-state index in [2.05, 4.69) is 29.4 Å². The lowest BCUT2D eigenvalue weighted by atomic mass is 9.76. The zero-order valence-corrected chi connectivity index (χ0v) is 12.5. The minimum absolute atomic E-state index is 0.260. The first kappa shape index (κ1) is 13.0. The van der Waals surface area contributed by atoms with E-state index in [1.807, 2.05) is 4.52 Å². The Bertz CT molecular complexity index is 547. The molecule has 0 aromatic carbocycles. The lowest BCUT2D eigenvalue weighted by Crippen LogP contribution is -2.39. The van der Waals surface area contributed by atoms with Crippen molar-refractivity contribution in [3.8, 4) is 0 Å². The molecule has 5 nitrogen and oxygen atoms in total. The van der Waals surface area contributed by atoms with Crippen LogP contribution in [0.1, 0.15) is 50.4 Å². The molecule has 0 spiro atoms. The largest absolute Gasteiger partial charge is 0.317 e. The summed E-state index contributed by atoms with van der Waals surface area (Å²) in [4.78, 5) is 0.945. The summed E-state index contributed by atoms with van der Waals surface area (Å²) in [6.07, 6.45) is 5.69. The van der Waals surface area contributed by atoms with Gasteiger partial charge < -0.3 is 5.32 Å². The van der Waals surface area contributed by atoms with Gasteiger partial charge in [-0.1, -0.05) is 31.6 Å². The molecule has 1 fully saturated rings. The zero-order chi connectivity index (χ0) is 13.3. The number of piperidine rings is 1. The van der Waals surface area contributed by atoms with Crippen LogP contribution in [0.5, 0.6) is 0 Å². The fourth-order valence-corrected chi connectivity index (χ4v) is 4.18. The van der Waals surface area contributed by atoms with Crippen LogP contribution in [0, 0.1) is 0 Å². The minimum atomic E-state index is 0.260. The Balaban J connectivity index is 2.01. The average Bonchev–Trinajstić information content (AvgIpc) is 3.00. The van der Waals surface area contributed by atoms with Crippen molar-refractivity contribution in [2.45, 2.75) is 51.4 Å². The molecule has 3 heterocycles. The van der Waals surface area contributed by atoms with Crippen molar-refractivity contribution in [2.24, 2.45) is 0 Å². The third-order valence-electron chi connectivity index (χ3n) is 4.11. The van der Waals surface area contributed by atoms with E-state index in [4.69, 9.17) is 5.10 Å². The molecular formula is C13H21N5S. The van der Waals surface area contributed by atoms with Crippen LogP contribution < -0.4 is 5.32 Å². The molecule has 0 aliphatic carbocycles. The van der Waals surface area contributed by atoms with Crippen LogP contribution in [0.15, 0.2) is 0 Å². The van der Waals surface area contributed by atoms with Gasteiger partial charge in [0, 0.05) is 11.8 Å². The highest BCUT2D eigenvalue weighted by molar-refractivity contribution is 7.16. The van der Waals surface area contributed by atoms with Crippen molar-refractivity contribution >= 4 is 16.3 Å². The second kappa shape index (κ2) is 5.17. The molecule has 0 amide bonds. The maximum absolute atomic E-state index is 4.84. The molecule has 19 heavy (non-hydrogen) atoms. The molecule has 1 aliphatic rings. The van der Waals surface area contributed by atoms with Gasteiger partial charge in [0.2, 0.25) is 4.96 Å². The van der Waals surface area contributed by atoms with E-state index in [-0.39, 0.29) is 5.41 Å². The van der Waals surface area contributed by atoms with Gasteiger partial charge in [-0.2, -0.15) is 9.61 Å². The number of nitrogens with zero attached hydrogens (tertiary/aromatic N) is 4. The van der Waals surface area contributed by atoms with Crippen molar-refractivity contribution in [3.63, 3.8) is 0 Å². The van der Waals surface area contributed by atoms with Crippen LogP contribution in [0.25, 0.3) is 4.96 Å². The molecule has 104 valence electrons. The minimum Gasteiger partial charge on any atom is -0.317 e. The van der Waals surface area contributed by atoms with Gasteiger partial charge in [-0.05, 0) is 32.4 Å². The molecule has 0 saturated carbocycles. The first-order valence-corrected chi connectivity index (χ1v) is 8.03. The number of hydrogen-bond acceptors (Lipinski definition) is 5. The van der Waals surface area contributed by atoms with Crippen molar-refractivity contribution in [2.75, 3.05) is 13.1 Å². The smallest absolute Gasteiger partial charge is 0.234 e. The van der Waals surface area contributed by atoms with Gasteiger partial charge in [-0.15, -0.1) is 10.2 Å². The number of fused-ring (bicyclic) bond motifs is 1. The number of aromatic nitrogens is 4. The zero-order valence-electron chi connectivity index (χ0n) is 11.6. The molecule has 1 saturated heterocycles. The molecule has 1 N–H and O–H groups in total. The number of hydrogen-bond donors (Lipinski definition) is 1. The van der Waals surface area contributed by atoms with Gasteiger partial charge in [-0.25, -0.2) is 0 Å². The summed E-state index contributed by atoms with van der Waals surface area (Å²) in [7, 11) is 0. The second-order valence-electron chi connectivity index (χ2n) is 5.35. The summed E-state index contributed by atoms with van der Waals surface area (Å²) in [6, 6.07) is 0. The lowest BCUT2D eigenvalue weighted by Gasteiger charge is -2.35. The molecule has 0 bridgehead atoms. The van der Waals surface area contributed by atoms with E-state index in [0.29, 0.717) is 0 Å². The topological polar surface area (TPSA) is 55.1 Å². The summed E-state index contributed by atoms with van der Waals surface area (Å²) in [5.41, 5.74) is 0.260. The van der Waals surface area contributed by atoms with Crippen LogP contribution in [-0.4, -0.2) is 32.9 Å². The maximum Gasteiger partial charge on any atom is 0.234 e. The van der Waals surface area contributed by atoms with Crippen LogP contribution in [0.2, 0.25) is 0 Å². The lowest BCUT2D eigenvalue weighted by molar-refractivity contribution is 0.282. The summed E-state index contributed by atoms with van der Waals surface area (Å²) < 4.78 is 1.94. The molecule has 3 rings (SSSR count). The highest BCUT2D eigenvalue weighted by Gasteiger charge is 2.36. The second-order valence-corrected chi connectivity index (χ2v) is 6.31. The van der Waals surface area contributed by atoms with E-state index in [1.54, 1.807) is 11.3 Å². The van der Waals surface area contributed by atoms with E-state index < -0.39 is 0 Å². The van der Waals surface area contributed by atoms with Crippen LogP contribution >= 0.6 is 11.3 Å². The van der Waals surface area contributed by atoms with Crippen molar-refractivity contribution in [3.05, 3.63) is 10.8 Å². The normalized spacial score (nSPS) is 19.1. The maximum atomic E-state index is 4.84. The third kappa shape index (κ3) is 2.17.